The fourth-order valence-corrected chi connectivity index (χ4v) is 3.10. The van der Waals surface area contributed by atoms with Crippen LogP contribution in [-0.2, 0) is 4.74 Å². The van der Waals surface area contributed by atoms with E-state index in [0.717, 1.165) is 32.3 Å². The van der Waals surface area contributed by atoms with Crippen LogP contribution < -0.4 is 15.4 Å². The lowest BCUT2D eigenvalue weighted by Gasteiger charge is -2.37. The molecule has 1 heterocycles. The fraction of sp³-hybridized carbons (Fsp3) is 0.650. The van der Waals surface area contributed by atoms with Crippen molar-refractivity contribution < 1.29 is 13.9 Å². The molecule has 0 spiro atoms. The standard InChI is InChI=1S/C20H33FN4O2.HI/c1-5-22-20(23-12-15(2)25-10-11-26-14-16(25)3)24-13-17(4)27-19-9-7-6-8-18(19)21;/h6-9,15-17H,5,10-14H2,1-4H3,(H2,22,23,24);1H. The summed E-state index contributed by atoms with van der Waals surface area (Å²) in [5.41, 5.74) is 0. The van der Waals surface area contributed by atoms with Gasteiger partial charge in [-0.15, -0.1) is 24.0 Å². The average molecular weight is 508 g/mol. The van der Waals surface area contributed by atoms with Gasteiger partial charge in [0.2, 0.25) is 0 Å². The monoisotopic (exact) mass is 508 g/mol. The van der Waals surface area contributed by atoms with Crippen molar-refractivity contribution in [2.75, 3.05) is 39.4 Å². The van der Waals surface area contributed by atoms with Crippen molar-refractivity contribution >= 4 is 29.9 Å². The number of nitrogens with zero attached hydrogens (tertiary/aromatic N) is 2. The zero-order valence-electron chi connectivity index (χ0n) is 17.3. The number of ether oxygens (including phenoxy) is 2. The number of hydrogen-bond donors (Lipinski definition) is 2. The number of para-hydroxylation sites is 1. The first kappa shape index (κ1) is 24.9. The highest BCUT2D eigenvalue weighted by Gasteiger charge is 2.23. The van der Waals surface area contributed by atoms with Gasteiger partial charge in [-0.3, -0.25) is 9.89 Å². The second-order valence-electron chi connectivity index (χ2n) is 6.97. The molecule has 1 aliphatic heterocycles. The highest BCUT2D eigenvalue weighted by Crippen LogP contribution is 2.16. The number of rotatable bonds is 8. The molecule has 3 atom stereocenters. The van der Waals surface area contributed by atoms with Crippen molar-refractivity contribution in [3.63, 3.8) is 0 Å². The SMILES string of the molecule is CCNC(=NCC(C)N1CCOCC1C)NCC(C)Oc1ccccc1F.I. The van der Waals surface area contributed by atoms with Gasteiger partial charge < -0.3 is 20.1 Å². The summed E-state index contributed by atoms with van der Waals surface area (Å²) in [5.74, 6) is 0.663. The Balaban J connectivity index is 0.00000392. The molecule has 1 saturated heterocycles. The summed E-state index contributed by atoms with van der Waals surface area (Å²) in [7, 11) is 0. The molecule has 0 aliphatic carbocycles. The van der Waals surface area contributed by atoms with E-state index in [9.17, 15) is 4.39 Å². The normalized spacial score (nSPS) is 20.0. The molecular formula is C20H34FIN4O2. The van der Waals surface area contributed by atoms with Gasteiger partial charge in [0.25, 0.3) is 0 Å². The van der Waals surface area contributed by atoms with Gasteiger partial charge in [-0.2, -0.15) is 0 Å². The number of aliphatic imine (C=N–C) groups is 1. The quantitative estimate of drug-likeness (QED) is 0.322. The smallest absolute Gasteiger partial charge is 0.191 e. The number of benzene rings is 1. The molecule has 1 aromatic carbocycles. The molecule has 2 N–H and O–H groups in total. The molecular weight excluding hydrogens is 474 g/mol. The van der Waals surface area contributed by atoms with E-state index < -0.39 is 0 Å². The van der Waals surface area contributed by atoms with Gasteiger partial charge in [0, 0.05) is 25.2 Å². The van der Waals surface area contributed by atoms with E-state index in [2.05, 4.69) is 29.4 Å². The molecule has 0 aromatic heterocycles. The van der Waals surface area contributed by atoms with Crippen LogP contribution >= 0.6 is 24.0 Å². The predicted molar refractivity (Wildman–Crippen MR) is 122 cm³/mol. The van der Waals surface area contributed by atoms with Crippen LogP contribution in [0.2, 0.25) is 0 Å². The van der Waals surface area contributed by atoms with E-state index in [4.69, 9.17) is 14.5 Å². The van der Waals surface area contributed by atoms with Gasteiger partial charge in [0.15, 0.2) is 17.5 Å². The van der Waals surface area contributed by atoms with Crippen molar-refractivity contribution in [2.24, 2.45) is 4.99 Å². The minimum Gasteiger partial charge on any atom is -0.486 e. The summed E-state index contributed by atoms with van der Waals surface area (Å²) in [5, 5.41) is 6.53. The van der Waals surface area contributed by atoms with E-state index in [0.29, 0.717) is 25.2 Å². The van der Waals surface area contributed by atoms with Crippen LogP contribution in [0, 0.1) is 5.82 Å². The summed E-state index contributed by atoms with van der Waals surface area (Å²) in [6, 6.07) is 7.20. The Bertz CT molecular complexity index is 605. The molecule has 1 fully saturated rings. The van der Waals surface area contributed by atoms with Crippen LogP contribution in [0.1, 0.15) is 27.7 Å². The van der Waals surface area contributed by atoms with Crippen LogP contribution in [-0.4, -0.2) is 68.4 Å². The predicted octanol–water partition coefficient (Wildman–Crippen LogP) is 2.88. The maximum absolute atomic E-state index is 13.7. The molecule has 0 bridgehead atoms. The summed E-state index contributed by atoms with van der Waals surface area (Å²) in [6.45, 7) is 12.8. The molecule has 8 heteroatoms. The van der Waals surface area contributed by atoms with Crippen LogP contribution in [0.3, 0.4) is 0 Å². The third-order valence-corrected chi connectivity index (χ3v) is 4.56. The minimum atomic E-state index is -0.349. The van der Waals surface area contributed by atoms with Crippen molar-refractivity contribution in [1.82, 2.24) is 15.5 Å². The molecule has 1 aromatic rings. The average Bonchev–Trinajstić information content (AvgIpc) is 2.66. The highest BCUT2D eigenvalue weighted by molar-refractivity contribution is 14.0. The van der Waals surface area contributed by atoms with Gasteiger partial charge in [0.05, 0.1) is 26.3 Å². The Hall–Kier alpha value is -1.13. The van der Waals surface area contributed by atoms with E-state index in [-0.39, 0.29) is 41.6 Å². The van der Waals surface area contributed by atoms with Crippen molar-refractivity contribution in [2.45, 2.75) is 45.9 Å². The Morgan fingerprint density at radius 2 is 2.11 bits per heavy atom. The highest BCUT2D eigenvalue weighted by atomic mass is 127. The maximum atomic E-state index is 13.7. The van der Waals surface area contributed by atoms with Gasteiger partial charge in [-0.25, -0.2) is 4.39 Å². The number of guanidine groups is 1. The first-order chi connectivity index (χ1) is 13.0. The van der Waals surface area contributed by atoms with Crippen molar-refractivity contribution in [3.8, 4) is 5.75 Å². The summed E-state index contributed by atoms with van der Waals surface area (Å²) in [4.78, 5) is 7.13. The fourth-order valence-electron chi connectivity index (χ4n) is 3.10. The van der Waals surface area contributed by atoms with Gasteiger partial charge in [-0.1, -0.05) is 12.1 Å². The number of hydrogen-bond acceptors (Lipinski definition) is 4. The number of halogens is 2. The van der Waals surface area contributed by atoms with E-state index in [1.165, 1.54) is 6.07 Å². The van der Waals surface area contributed by atoms with E-state index in [1.54, 1.807) is 18.2 Å². The lowest BCUT2D eigenvalue weighted by molar-refractivity contribution is -0.0165. The molecule has 0 saturated carbocycles. The molecule has 3 unspecified atom stereocenters. The Kier molecular flexibility index (Phi) is 11.7. The van der Waals surface area contributed by atoms with Gasteiger partial charge >= 0.3 is 0 Å². The molecule has 0 amide bonds. The molecule has 1 aliphatic rings. The largest absolute Gasteiger partial charge is 0.486 e. The molecule has 160 valence electrons. The van der Waals surface area contributed by atoms with Crippen LogP contribution in [0.25, 0.3) is 0 Å². The van der Waals surface area contributed by atoms with Crippen molar-refractivity contribution in [1.29, 1.82) is 0 Å². The maximum Gasteiger partial charge on any atom is 0.191 e. The Labute approximate surface area is 185 Å². The van der Waals surface area contributed by atoms with Crippen molar-refractivity contribution in [3.05, 3.63) is 30.1 Å². The number of morpholine rings is 1. The van der Waals surface area contributed by atoms with Crippen LogP contribution in [0.15, 0.2) is 29.3 Å². The second-order valence-corrected chi connectivity index (χ2v) is 6.97. The van der Waals surface area contributed by atoms with Crippen LogP contribution in [0.4, 0.5) is 4.39 Å². The third-order valence-electron chi connectivity index (χ3n) is 4.56. The molecule has 6 nitrogen and oxygen atoms in total. The molecule has 28 heavy (non-hydrogen) atoms. The number of nitrogens with one attached hydrogen (secondary N) is 2. The summed E-state index contributed by atoms with van der Waals surface area (Å²) < 4.78 is 24.9. The summed E-state index contributed by atoms with van der Waals surface area (Å²) >= 11 is 0. The first-order valence-corrected chi connectivity index (χ1v) is 9.78. The minimum absolute atomic E-state index is 0. The van der Waals surface area contributed by atoms with Crippen LogP contribution in [0.5, 0.6) is 5.75 Å². The third kappa shape index (κ3) is 8.08. The molecule has 2 rings (SSSR count). The van der Waals surface area contributed by atoms with Gasteiger partial charge in [0.1, 0.15) is 6.10 Å². The zero-order valence-corrected chi connectivity index (χ0v) is 19.6. The zero-order chi connectivity index (χ0) is 19.6. The lowest BCUT2D eigenvalue weighted by atomic mass is 10.2. The van der Waals surface area contributed by atoms with E-state index >= 15 is 0 Å². The first-order valence-electron chi connectivity index (χ1n) is 9.78. The summed E-state index contributed by atoms with van der Waals surface area (Å²) in [6.07, 6.45) is -0.192. The Morgan fingerprint density at radius 3 is 2.79 bits per heavy atom. The lowest BCUT2D eigenvalue weighted by Crippen LogP contribution is -2.50. The second kappa shape index (κ2) is 13.2. The van der Waals surface area contributed by atoms with E-state index in [1.807, 2.05) is 13.8 Å². The Morgan fingerprint density at radius 1 is 1.36 bits per heavy atom. The van der Waals surface area contributed by atoms with Gasteiger partial charge in [-0.05, 0) is 39.8 Å². The molecule has 0 radical (unpaired) electrons. The topological polar surface area (TPSA) is 58.1 Å².